The van der Waals surface area contributed by atoms with Crippen LogP contribution in [0.1, 0.15) is 16.1 Å². The average Bonchev–Trinajstić information content (AvgIpc) is 2.58. The first-order chi connectivity index (χ1) is 10.7. The lowest BCUT2D eigenvalue weighted by atomic mass is 10.2. The number of nitriles is 1. The van der Waals surface area contributed by atoms with Crippen LogP contribution in [0.3, 0.4) is 0 Å². The molecule has 2 aromatic rings. The van der Waals surface area contributed by atoms with Gasteiger partial charge in [0.05, 0.1) is 7.11 Å². The number of carbonyl (C=O) groups is 1. The van der Waals surface area contributed by atoms with E-state index in [0.29, 0.717) is 35.9 Å². The Morgan fingerprint density at radius 1 is 1.27 bits per heavy atom. The van der Waals surface area contributed by atoms with E-state index in [1.54, 1.807) is 49.6 Å². The van der Waals surface area contributed by atoms with Crippen LogP contribution in [0.25, 0.3) is 0 Å². The fourth-order valence-electron chi connectivity index (χ4n) is 1.83. The van der Waals surface area contributed by atoms with Gasteiger partial charge in [-0.05, 0) is 30.3 Å². The third-order valence-corrected chi connectivity index (χ3v) is 2.91. The largest absolute Gasteiger partial charge is 0.497 e. The lowest BCUT2D eigenvalue weighted by molar-refractivity contribution is 0.0955. The number of nitrogens with zero attached hydrogens (tertiary/aromatic N) is 2. The van der Waals surface area contributed by atoms with Gasteiger partial charge in [0.25, 0.3) is 5.91 Å². The Kier molecular flexibility index (Phi) is 5.32. The number of hydrogen-bond acceptors (Lipinski definition) is 5. The summed E-state index contributed by atoms with van der Waals surface area (Å²) in [5.74, 6) is 1.08. The second-order valence-corrected chi connectivity index (χ2v) is 4.43. The predicted molar refractivity (Wildman–Crippen MR) is 82.8 cm³/mol. The number of nitrogens with one attached hydrogen (secondary N) is 2. The lowest BCUT2D eigenvalue weighted by Crippen LogP contribution is -2.28. The number of methoxy groups -OCH3 is 1. The summed E-state index contributed by atoms with van der Waals surface area (Å²) in [5.41, 5.74) is 0.898. The lowest BCUT2D eigenvalue weighted by Gasteiger charge is -2.08. The highest BCUT2D eigenvalue weighted by molar-refractivity contribution is 5.94. The second-order valence-electron chi connectivity index (χ2n) is 4.43. The molecule has 0 aliphatic carbocycles. The Bertz CT molecular complexity index is 695. The van der Waals surface area contributed by atoms with E-state index in [-0.39, 0.29) is 5.91 Å². The highest BCUT2D eigenvalue weighted by Gasteiger charge is 2.05. The minimum absolute atomic E-state index is 0.167. The standard InChI is InChI=1S/C16H16N4O2/c1-22-14-6-2-4-12(10-14)16(21)19-9-8-18-15-7-3-5-13(11-17)20-15/h2-7,10H,8-9H2,1H3,(H,18,20)(H,19,21). The van der Waals surface area contributed by atoms with Gasteiger partial charge in [-0.3, -0.25) is 4.79 Å². The van der Waals surface area contributed by atoms with Crippen molar-refractivity contribution in [1.82, 2.24) is 10.3 Å². The van der Waals surface area contributed by atoms with Crippen LogP contribution in [0.2, 0.25) is 0 Å². The maximum atomic E-state index is 12.0. The van der Waals surface area contributed by atoms with E-state index >= 15 is 0 Å². The molecule has 0 spiro atoms. The van der Waals surface area contributed by atoms with Gasteiger partial charge in [0.2, 0.25) is 0 Å². The molecule has 0 bridgehead atoms. The van der Waals surface area contributed by atoms with Gasteiger partial charge in [-0.2, -0.15) is 5.26 Å². The van der Waals surface area contributed by atoms with Crippen molar-refractivity contribution < 1.29 is 9.53 Å². The first-order valence-corrected chi connectivity index (χ1v) is 6.76. The molecule has 1 amide bonds. The van der Waals surface area contributed by atoms with Gasteiger partial charge >= 0.3 is 0 Å². The molecule has 1 aromatic heterocycles. The minimum atomic E-state index is -0.167. The van der Waals surface area contributed by atoms with E-state index < -0.39 is 0 Å². The van der Waals surface area contributed by atoms with E-state index in [1.165, 1.54) is 0 Å². The summed E-state index contributed by atoms with van der Waals surface area (Å²) in [6.07, 6.45) is 0. The highest BCUT2D eigenvalue weighted by atomic mass is 16.5. The molecule has 22 heavy (non-hydrogen) atoms. The van der Waals surface area contributed by atoms with Crippen molar-refractivity contribution in [3.05, 3.63) is 53.7 Å². The van der Waals surface area contributed by atoms with E-state index in [9.17, 15) is 4.79 Å². The molecular weight excluding hydrogens is 280 g/mol. The Balaban J connectivity index is 1.80. The first kappa shape index (κ1) is 15.3. The third kappa shape index (κ3) is 4.21. The zero-order chi connectivity index (χ0) is 15.8. The number of anilines is 1. The maximum absolute atomic E-state index is 12.0. The molecule has 0 saturated carbocycles. The Morgan fingerprint density at radius 2 is 2.09 bits per heavy atom. The van der Waals surface area contributed by atoms with Crippen molar-refractivity contribution in [2.24, 2.45) is 0 Å². The van der Waals surface area contributed by atoms with E-state index in [1.807, 2.05) is 6.07 Å². The van der Waals surface area contributed by atoms with Crippen molar-refractivity contribution in [3.63, 3.8) is 0 Å². The molecule has 0 aliphatic heterocycles. The van der Waals surface area contributed by atoms with Gasteiger partial charge in [0.1, 0.15) is 23.3 Å². The first-order valence-electron chi connectivity index (χ1n) is 6.76. The summed E-state index contributed by atoms with van der Waals surface area (Å²) in [6, 6.07) is 14.1. The zero-order valence-electron chi connectivity index (χ0n) is 12.2. The van der Waals surface area contributed by atoms with Crippen molar-refractivity contribution in [1.29, 1.82) is 5.26 Å². The Morgan fingerprint density at radius 3 is 2.86 bits per heavy atom. The number of carbonyl (C=O) groups excluding carboxylic acids is 1. The van der Waals surface area contributed by atoms with Crippen molar-refractivity contribution in [2.45, 2.75) is 0 Å². The predicted octanol–water partition coefficient (Wildman–Crippen LogP) is 1.80. The van der Waals surface area contributed by atoms with E-state index in [2.05, 4.69) is 15.6 Å². The molecule has 0 aliphatic rings. The summed E-state index contributed by atoms with van der Waals surface area (Å²) in [7, 11) is 1.56. The van der Waals surface area contributed by atoms with Gasteiger partial charge < -0.3 is 15.4 Å². The number of benzene rings is 1. The number of pyridine rings is 1. The molecule has 0 radical (unpaired) electrons. The second kappa shape index (κ2) is 7.64. The molecule has 0 atom stereocenters. The molecule has 2 N–H and O–H groups in total. The summed E-state index contributed by atoms with van der Waals surface area (Å²) in [5, 5.41) is 14.6. The fourth-order valence-corrected chi connectivity index (χ4v) is 1.83. The van der Waals surface area contributed by atoms with Crippen LogP contribution in [-0.4, -0.2) is 31.1 Å². The highest BCUT2D eigenvalue weighted by Crippen LogP contribution is 2.12. The van der Waals surface area contributed by atoms with Crippen LogP contribution in [0.15, 0.2) is 42.5 Å². The number of aromatic nitrogens is 1. The van der Waals surface area contributed by atoms with Crippen molar-refractivity contribution >= 4 is 11.7 Å². The molecule has 0 unspecified atom stereocenters. The van der Waals surface area contributed by atoms with Crippen LogP contribution >= 0.6 is 0 Å². The number of ether oxygens (including phenoxy) is 1. The van der Waals surface area contributed by atoms with Crippen LogP contribution in [0, 0.1) is 11.3 Å². The van der Waals surface area contributed by atoms with Crippen molar-refractivity contribution in [2.75, 3.05) is 25.5 Å². The van der Waals surface area contributed by atoms with Gasteiger partial charge in [-0.1, -0.05) is 12.1 Å². The number of amides is 1. The van der Waals surface area contributed by atoms with Crippen LogP contribution < -0.4 is 15.4 Å². The summed E-state index contributed by atoms with van der Waals surface area (Å²) >= 11 is 0. The molecule has 6 nitrogen and oxygen atoms in total. The van der Waals surface area contributed by atoms with Crippen molar-refractivity contribution in [3.8, 4) is 11.8 Å². The zero-order valence-corrected chi connectivity index (χ0v) is 12.2. The summed E-state index contributed by atoms with van der Waals surface area (Å²) in [6.45, 7) is 0.950. The van der Waals surface area contributed by atoms with E-state index in [0.717, 1.165) is 0 Å². The van der Waals surface area contributed by atoms with Gasteiger partial charge in [0.15, 0.2) is 0 Å². The Labute approximate surface area is 128 Å². The van der Waals surface area contributed by atoms with Crippen LogP contribution in [0.5, 0.6) is 5.75 Å². The quantitative estimate of drug-likeness (QED) is 0.794. The molecule has 2 rings (SSSR count). The summed E-state index contributed by atoms with van der Waals surface area (Å²) in [4.78, 5) is 16.1. The van der Waals surface area contributed by atoms with E-state index in [4.69, 9.17) is 10.00 Å². The third-order valence-electron chi connectivity index (χ3n) is 2.91. The smallest absolute Gasteiger partial charge is 0.251 e. The monoisotopic (exact) mass is 296 g/mol. The molecular formula is C16H16N4O2. The number of rotatable bonds is 6. The molecule has 0 fully saturated rings. The minimum Gasteiger partial charge on any atom is -0.497 e. The average molecular weight is 296 g/mol. The maximum Gasteiger partial charge on any atom is 0.251 e. The fraction of sp³-hybridized carbons (Fsp3) is 0.188. The molecule has 1 aromatic carbocycles. The summed E-state index contributed by atoms with van der Waals surface area (Å²) < 4.78 is 5.08. The Hall–Kier alpha value is -3.07. The SMILES string of the molecule is COc1cccc(C(=O)NCCNc2cccc(C#N)n2)c1. The number of hydrogen-bond donors (Lipinski definition) is 2. The molecule has 1 heterocycles. The molecule has 0 saturated heterocycles. The molecule has 6 heteroatoms. The van der Waals surface area contributed by atoms with Gasteiger partial charge in [-0.25, -0.2) is 4.98 Å². The van der Waals surface area contributed by atoms with Gasteiger partial charge in [-0.15, -0.1) is 0 Å². The molecule has 112 valence electrons. The van der Waals surface area contributed by atoms with Crippen LogP contribution in [0.4, 0.5) is 5.82 Å². The normalized spacial score (nSPS) is 9.64. The van der Waals surface area contributed by atoms with Gasteiger partial charge in [0, 0.05) is 18.7 Å². The topological polar surface area (TPSA) is 87.0 Å². The van der Waals surface area contributed by atoms with Crippen LogP contribution in [-0.2, 0) is 0 Å².